The third kappa shape index (κ3) is 3.21. The van der Waals surface area contributed by atoms with E-state index >= 15 is 0 Å². The second kappa shape index (κ2) is 6.17. The van der Waals surface area contributed by atoms with E-state index in [-0.39, 0.29) is 21.0 Å². The summed E-state index contributed by atoms with van der Waals surface area (Å²) in [4.78, 5) is -0.00848. The smallest absolute Gasteiger partial charge is 0.242 e. The molecule has 2 atom stereocenters. The zero-order chi connectivity index (χ0) is 15.9. The van der Waals surface area contributed by atoms with Crippen molar-refractivity contribution in [2.75, 3.05) is 7.11 Å². The van der Waals surface area contributed by atoms with Crippen molar-refractivity contribution in [2.24, 2.45) is 0 Å². The number of benzene rings is 1. The van der Waals surface area contributed by atoms with Gasteiger partial charge < -0.3 is 10.1 Å². The quantitative estimate of drug-likeness (QED) is 0.861. The summed E-state index contributed by atoms with van der Waals surface area (Å²) >= 11 is 12.1. The Kier molecular flexibility index (Phi) is 4.58. The molecule has 22 heavy (non-hydrogen) atoms. The molecule has 0 amide bonds. The number of nitrogens with one attached hydrogen (secondary N) is 2. The van der Waals surface area contributed by atoms with Gasteiger partial charge >= 0.3 is 0 Å². The molecule has 3 rings (SSSR count). The predicted octanol–water partition coefficient (Wildman–Crippen LogP) is 2.56. The Labute approximate surface area is 140 Å². The number of methoxy groups -OCH3 is 1. The third-order valence-electron chi connectivity index (χ3n) is 4.29. The maximum Gasteiger partial charge on any atom is 0.242 e. The number of piperidine rings is 1. The summed E-state index contributed by atoms with van der Waals surface area (Å²) in [7, 11) is -2.25. The number of halogens is 2. The van der Waals surface area contributed by atoms with Crippen molar-refractivity contribution < 1.29 is 13.2 Å². The summed E-state index contributed by atoms with van der Waals surface area (Å²) in [6.45, 7) is 0. The van der Waals surface area contributed by atoms with Crippen LogP contribution in [-0.4, -0.2) is 33.7 Å². The van der Waals surface area contributed by atoms with E-state index in [1.54, 1.807) is 0 Å². The molecule has 122 valence electrons. The molecule has 2 unspecified atom stereocenters. The summed E-state index contributed by atoms with van der Waals surface area (Å²) in [6.07, 6.45) is 3.82. The van der Waals surface area contributed by atoms with Crippen LogP contribution in [0.1, 0.15) is 25.7 Å². The minimum atomic E-state index is -3.71. The van der Waals surface area contributed by atoms with Crippen LogP contribution in [0.4, 0.5) is 0 Å². The Balaban J connectivity index is 1.82. The van der Waals surface area contributed by atoms with Gasteiger partial charge in [0.25, 0.3) is 0 Å². The SMILES string of the molecule is COc1cc(Cl)c(S(=O)(=O)NC2CC3CCC(C2)N3)cc1Cl. The van der Waals surface area contributed by atoms with Crippen LogP contribution in [0.3, 0.4) is 0 Å². The predicted molar refractivity (Wildman–Crippen MR) is 86.3 cm³/mol. The molecule has 0 aliphatic carbocycles. The van der Waals surface area contributed by atoms with Gasteiger partial charge in [-0.15, -0.1) is 0 Å². The molecule has 8 heteroatoms. The highest BCUT2D eigenvalue weighted by Crippen LogP contribution is 2.34. The average molecular weight is 365 g/mol. The summed E-state index contributed by atoms with van der Waals surface area (Å²) in [5.74, 6) is 0.352. The Morgan fingerprint density at radius 1 is 1.18 bits per heavy atom. The average Bonchev–Trinajstić information content (AvgIpc) is 2.79. The minimum absolute atomic E-state index is 0.00848. The maximum absolute atomic E-state index is 12.6. The van der Waals surface area contributed by atoms with E-state index in [2.05, 4.69) is 10.0 Å². The number of rotatable bonds is 4. The van der Waals surface area contributed by atoms with E-state index in [4.69, 9.17) is 27.9 Å². The molecule has 0 aromatic heterocycles. The molecule has 5 nitrogen and oxygen atoms in total. The first-order chi connectivity index (χ1) is 10.4. The second-order valence-electron chi connectivity index (χ2n) is 5.84. The van der Waals surface area contributed by atoms with Crippen molar-refractivity contribution in [3.05, 3.63) is 22.2 Å². The van der Waals surface area contributed by atoms with Crippen molar-refractivity contribution >= 4 is 33.2 Å². The minimum Gasteiger partial charge on any atom is -0.495 e. The van der Waals surface area contributed by atoms with Crippen molar-refractivity contribution in [1.82, 2.24) is 10.0 Å². The molecular weight excluding hydrogens is 347 g/mol. The van der Waals surface area contributed by atoms with Crippen LogP contribution < -0.4 is 14.8 Å². The van der Waals surface area contributed by atoms with Crippen molar-refractivity contribution in [3.63, 3.8) is 0 Å². The summed E-state index contributed by atoms with van der Waals surface area (Å²) < 4.78 is 33.0. The molecule has 2 bridgehead atoms. The van der Waals surface area contributed by atoms with Gasteiger partial charge in [0, 0.05) is 24.2 Å². The van der Waals surface area contributed by atoms with Crippen molar-refractivity contribution in [3.8, 4) is 5.75 Å². The van der Waals surface area contributed by atoms with E-state index < -0.39 is 10.0 Å². The molecule has 0 radical (unpaired) electrons. The fraction of sp³-hybridized carbons (Fsp3) is 0.571. The lowest BCUT2D eigenvalue weighted by Gasteiger charge is -2.29. The first-order valence-corrected chi connectivity index (χ1v) is 9.44. The zero-order valence-corrected chi connectivity index (χ0v) is 14.4. The van der Waals surface area contributed by atoms with Gasteiger partial charge in [0.1, 0.15) is 10.6 Å². The first-order valence-electron chi connectivity index (χ1n) is 7.20. The van der Waals surface area contributed by atoms with Crippen LogP contribution in [0, 0.1) is 0 Å². The van der Waals surface area contributed by atoms with E-state index in [0.29, 0.717) is 17.8 Å². The Bertz CT molecular complexity index is 669. The van der Waals surface area contributed by atoms with Crippen LogP contribution in [0.25, 0.3) is 0 Å². The van der Waals surface area contributed by atoms with Gasteiger partial charge in [-0.05, 0) is 31.7 Å². The molecule has 2 aliphatic heterocycles. The molecule has 2 heterocycles. The molecule has 0 saturated carbocycles. The number of hydrogen-bond donors (Lipinski definition) is 2. The first kappa shape index (κ1) is 16.3. The van der Waals surface area contributed by atoms with Crippen LogP contribution in [0.2, 0.25) is 10.0 Å². The third-order valence-corrected chi connectivity index (χ3v) is 6.57. The van der Waals surface area contributed by atoms with Gasteiger partial charge in [0.2, 0.25) is 10.0 Å². The van der Waals surface area contributed by atoms with Gasteiger partial charge in [-0.1, -0.05) is 23.2 Å². The highest BCUT2D eigenvalue weighted by Gasteiger charge is 2.35. The lowest BCUT2D eigenvalue weighted by molar-refractivity contribution is 0.345. The van der Waals surface area contributed by atoms with Gasteiger partial charge in [-0.2, -0.15) is 0 Å². The summed E-state index contributed by atoms with van der Waals surface area (Å²) in [6, 6.07) is 3.49. The van der Waals surface area contributed by atoms with Gasteiger partial charge in [-0.25, -0.2) is 13.1 Å². The second-order valence-corrected chi connectivity index (χ2v) is 8.34. The lowest BCUT2D eigenvalue weighted by atomic mass is 10.0. The largest absolute Gasteiger partial charge is 0.495 e. The monoisotopic (exact) mass is 364 g/mol. The molecule has 2 aliphatic rings. The van der Waals surface area contributed by atoms with E-state index in [0.717, 1.165) is 25.7 Å². The van der Waals surface area contributed by atoms with Gasteiger partial charge in [0.05, 0.1) is 17.2 Å². The maximum atomic E-state index is 12.6. The van der Waals surface area contributed by atoms with Gasteiger partial charge in [-0.3, -0.25) is 0 Å². The number of fused-ring (bicyclic) bond motifs is 2. The highest BCUT2D eigenvalue weighted by molar-refractivity contribution is 7.89. The van der Waals surface area contributed by atoms with Crippen LogP contribution in [-0.2, 0) is 10.0 Å². The molecule has 2 N–H and O–H groups in total. The number of ether oxygens (including phenoxy) is 1. The van der Waals surface area contributed by atoms with E-state index in [1.807, 2.05) is 0 Å². The lowest BCUT2D eigenvalue weighted by Crippen LogP contribution is -2.47. The summed E-state index contributed by atoms with van der Waals surface area (Å²) in [5, 5.41) is 3.81. The molecule has 0 spiro atoms. The fourth-order valence-corrected chi connectivity index (χ4v) is 5.42. The van der Waals surface area contributed by atoms with Crippen LogP contribution in [0.5, 0.6) is 5.75 Å². The number of sulfonamides is 1. The van der Waals surface area contributed by atoms with Crippen LogP contribution >= 0.6 is 23.2 Å². The van der Waals surface area contributed by atoms with E-state index in [1.165, 1.54) is 19.2 Å². The van der Waals surface area contributed by atoms with Crippen LogP contribution in [0.15, 0.2) is 17.0 Å². The molecule has 2 saturated heterocycles. The van der Waals surface area contributed by atoms with Gasteiger partial charge in [0.15, 0.2) is 0 Å². The van der Waals surface area contributed by atoms with Crippen molar-refractivity contribution in [2.45, 2.75) is 48.7 Å². The molecular formula is C14H18Cl2N2O3S. The molecule has 2 fully saturated rings. The normalized spacial score (nSPS) is 27.9. The highest BCUT2D eigenvalue weighted by atomic mass is 35.5. The molecule has 1 aromatic carbocycles. The fourth-order valence-electron chi connectivity index (χ4n) is 3.31. The molecule has 1 aromatic rings. The Hall–Kier alpha value is -0.530. The Morgan fingerprint density at radius 3 is 2.41 bits per heavy atom. The topological polar surface area (TPSA) is 67.4 Å². The number of hydrogen-bond acceptors (Lipinski definition) is 4. The summed E-state index contributed by atoms with van der Waals surface area (Å²) in [5.41, 5.74) is 0. The standard InChI is InChI=1S/C14H18Cl2N2O3S/c1-21-13-6-12(16)14(7-11(13)15)22(19,20)18-10-4-8-2-3-9(5-10)17-8/h6-10,17-18H,2-5H2,1H3. The zero-order valence-electron chi connectivity index (χ0n) is 12.1. The Morgan fingerprint density at radius 2 is 1.82 bits per heavy atom. The van der Waals surface area contributed by atoms with E-state index in [9.17, 15) is 8.42 Å². The van der Waals surface area contributed by atoms with Crippen molar-refractivity contribution in [1.29, 1.82) is 0 Å².